The molecule has 3 aromatic carbocycles. The van der Waals surface area contributed by atoms with Gasteiger partial charge in [-0.1, -0.05) is 24.3 Å². The van der Waals surface area contributed by atoms with Crippen molar-refractivity contribution in [2.24, 2.45) is 0 Å². The number of nitrogens with zero attached hydrogens (tertiary/aromatic N) is 1. The number of carbonyl (C=O) groups excluding carboxylic acids is 1. The van der Waals surface area contributed by atoms with Crippen LogP contribution in [0.15, 0.2) is 72.8 Å². The number of amides is 1. The van der Waals surface area contributed by atoms with Gasteiger partial charge in [-0.25, -0.2) is 12.8 Å². The Morgan fingerprint density at radius 3 is 2.36 bits per heavy atom. The SMILES string of the molecule is CS(=O)(=O)N(Cc1ccc(F)cc1)c1ccc(C(=O)NCC2COc3ccccc3O2)cc1. The predicted molar refractivity (Wildman–Crippen MR) is 123 cm³/mol. The maximum absolute atomic E-state index is 13.2. The molecule has 1 aliphatic heterocycles. The van der Waals surface area contributed by atoms with Crippen LogP contribution in [0.4, 0.5) is 10.1 Å². The molecule has 9 heteroatoms. The molecule has 3 aromatic rings. The van der Waals surface area contributed by atoms with Gasteiger partial charge in [0.25, 0.3) is 5.91 Å². The number of rotatable bonds is 7. The summed E-state index contributed by atoms with van der Waals surface area (Å²) in [4.78, 5) is 12.6. The molecular formula is C24H23FN2O5S. The molecule has 0 fully saturated rings. The number of hydrogen-bond donors (Lipinski definition) is 1. The molecule has 0 spiro atoms. The van der Waals surface area contributed by atoms with Crippen molar-refractivity contribution < 1.29 is 27.1 Å². The molecule has 0 saturated heterocycles. The van der Waals surface area contributed by atoms with E-state index in [0.717, 1.165) is 6.26 Å². The summed E-state index contributed by atoms with van der Waals surface area (Å²) in [5.41, 5.74) is 1.42. The number of halogens is 1. The Morgan fingerprint density at radius 1 is 1.03 bits per heavy atom. The van der Waals surface area contributed by atoms with Gasteiger partial charge in [0.2, 0.25) is 10.0 Å². The highest BCUT2D eigenvalue weighted by molar-refractivity contribution is 7.92. The molecule has 1 atom stereocenters. The highest BCUT2D eigenvalue weighted by Crippen LogP contribution is 2.30. The monoisotopic (exact) mass is 470 g/mol. The van der Waals surface area contributed by atoms with Crippen molar-refractivity contribution in [3.05, 3.63) is 89.7 Å². The lowest BCUT2D eigenvalue weighted by Crippen LogP contribution is -2.40. The van der Waals surface area contributed by atoms with Gasteiger partial charge in [0.15, 0.2) is 11.5 Å². The number of para-hydroxylation sites is 2. The van der Waals surface area contributed by atoms with E-state index in [-0.39, 0.29) is 25.1 Å². The number of anilines is 1. The molecule has 0 aromatic heterocycles. The van der Waals surface area contributed by atoms with E-state index in [4.69, 9.17) is 9.47 Å². The maximum atomic E-state index is 13.2. The van der Waals surface area contributed by atoms with Crippen LogP contribution in [0.5, 0.6) is 11.5 Å². The van der Waals surface area contributed by atoms with Crippen LogP contribution in [0.2, 0.25) is 0 Å². The molecule has 1 aliphatic rings. The summed E-state index contributed by atoms with van der Waals surface area (Å²) >= 11 is 0. The lowest BCUT2D eigenvalue weighted by molar-refractivity contribution is 0.0789. The molecule has 1 unspecified atom stereocenters. The molecule has 4 rings (SSSR count). The van der Waals surface area contributed by atoms with Gasteiger partial charge in [0.05, 0.1) is 25.0 Å². The smallest absolute Gasteiger partial charge is 0.251 e. The molecule has 0 aliphatic carbocycles. The van der Waals surface area contributed by atoms with E-state index in [0.29, 0.717) is 34.9 Å². The second-order valence-electron chi connectivity index (χ2n) is 7.65. The van der Waals surface area contributed by atoms with E-state index in [1.165, 1.54) is 28.6 Å². The first-order valence-electron chi connectivity index (χ1n) is 10.3. The Bertz CT molecular complexity index is 1230. The molecule has 172 valence electrons. The molecule has 0 radical (unpaired) electrons. The van der Waals surface area contributed by atoms with E-state index < -0.39 is 15.8 Å². The molecule has 1 N–H and O–H groups in total. The molecule has 7 nitrogen and oxygen atoms in total. The summed E-state index contributed by atoms with van der Waals surface area (Å²) in [6, 6.07) is 19.2. The number of fused-ring (bicyclic) bond motifs is 1. The Labute approximate surface area is 191 Å². The van der Waals surface area contributed by atoms with Crippen LogP contribution in [-0.4, -0.2) is 39.8 Å². The average molecular weight is 471 g/mol. The van der Waals surface area contributed by atoms with E-state index in [1.54, 1.807) is 24.3 Å². The van der Waals surface area contributed by atoms with Crippen LogP contribution in [0.3, 0.4) is 0 Å². The van der Waals surface area contributed by atoms with Gasteiger partial charge in [0.1, 0.15) is 18.5 Å². The summed E-state index contributed by atoms with van der Waals surface area (Å²) in [5.74, 6) is 0.601. The molecule has 0 saturated carbocycles. The van der Waals surface area contributed by atoms with Crippen LogP contribution in [0.1, 0.15) is 15.9 Å². The minimum atomic E-state index is -3.60. The van der Waals surface area contributed by atoms with Gasteiger partial charge in [-0.3, -0.25) is 9.10 Å². The molecule has 1 amide bonds. The molecular weight excluding hydrogens is 447 g/mol. The van der Waals surface area contributed by atoms with Crippen LogP contribution < -0.4 is 19.1 Å². The normalized spacial score (nSPS) is 15.0. The summed E-state index contributed by atoms with van der Waals surface area (Å²) < 4.78 is 50.5. The van der Waals surface area contributed by atoms with Gasteiger partial charge in [-0.15, -0.1) is 0 Å². The number of ether oxygens (including phenoxy) is 2. The zero-order valence-electron chi connectivity index (χ0n) is 17.9. The standard InChI is InChI=1S/C24H23FN2O5S/c1-33(29,30)27(15-17-6-10-19(25)11-7-17)20-12-8-18(9-13-20)24(28)26-14-21-16-31-22-4-2-3-5-23(22)32-21/h2-13,21H,14-16H2,1H3,(H,26,28). The third kappa shape index (κ3) is 5.61. The van der Waals surface area contributed by atoms with Gasteiger partial charge in [-0.2, -0.15) is 0 Å². The molecule has 1 heterocycles. The fraction of sp³-hybridized carbons (Fsp3) is 0.208. The quantitative estimate of drug-likeness (QED) is 0.573. The largest absolute Gasteiger partial charge is 0.486 e. The van der Waals surface area contributed by atoms with Crippen molar-refractivity contribution in [2.75, 3.05) is 23.7 Å². The molecule has 33 heavy (non-hydrogen) atoms. The number of hydrogen-bond acceptors (Lipinski definition) is 5. The predicted octanol–water partition coefficient (Wildman–Crippen LogP) is 3.36. The lowest BCUT2D eigenvalue weighted by Gasteiger charge is -2.26. The number of nitrogens with one attached hydrogen (secondary N) is 1. The Hall–Kier alpha value is -3.59. The van der Waals surface area contributed by atoms with Gasteiger partial charge >= 0.3 is 0 Å². The summed E-state index contributed by atoms with van der Waals surface area (Å²) in [7, 11) is -3.60. The van der Waals surface area contributed by atoms with Crippen molar-refractivity contribution in [3.8, 4) is 11.5 Å². The highest BCUT2D eigenvalue weighted by atomic mass is 32.2. The average Bonchev–Trinajstić information content (AvgIpc) is 2.81. The third-order valence-electron chi connectivity index (χ3n) is 5.12. The summed E-state index contributed by atoms with van der Waals surface area (Å²) in [5, 5.41) is 2.81. The highest BCUT2D eigenvalue weighted by Gasteiger charge is 2.22. The third-order valence-corrected chi connectivity index (χ3v) is 6.26. The van der Waals surface area contributed by atoms with E-state index in [2.05, 4.69) is 5.32 Å². The van der Waals surface area contributed by atoms with Crippen LogP contribution in [0, 0.1) is 5.82 Å². The van der Waals surface area contributed by atoms with Gasteiger partial charge < -0.3 is 14.8 Å². The number of benzene rings is 3. The fourth-order valence-electron chi connectivity index (χ4n) is 3.41. The van der Waals surface area contributed by atoms with Gasteiger partial charge in [0, 0.05) is 5.56 Å². The first-order chi connectivity index (χ1) is 15.8. The Kier molecular flexibility index (Phi) is 6.50. The van der Waals surface area contributed by atoms with Crippen molar-refractivity contribution in [1.82, 2.24) is 5.32 Å². The fourth-order valence-corrected chi connectivity index (χ4v) is 4.30. The minimum absolute atomic E-state index is 0.0468. The van der Waals surface area contributed by atoms with Crippen molar-refractivity contribution >= 4 is 21.6 Å². The second-order valence-corrected chi connectivity index (χ2v) is 9.56. The number of carbonyl (C=O) groups is 1. The minimum Gasteiger partial charge on any atom is -0.486 e. The lowest BCUT2D eigenvalue weighted by atomic mass is 10.1. The zero-order chi connectivity index (χ0) is 23.4. The maximum Gasteiger partial charge on any atom is 0.251 e. The van der Waals surface area contributed by atoms with Crippen molar-refractivity contribution in [3.63, 3.8) is 0 Å². The first-order valence-corrected chi connectivity index (χ1v) is 12.1. The summed E-state index contributed by atoms with van der Waals surface area (Å²) in [6.45, 7) is 0.628. The van der Waals surface area contributed by atoms with Crippen LogP contribution >= 0.6 is 0 Å². The Balaban J connectivity index is 1.40. The van der Waals surface area contributed by atoms with Crippen molar-refractivity contribution in [2.45, 2.75) is 12.6 Å². The van der Waals surface area contributed by atoms with Crippen molar-refractivity contribution in [1.29, 1.82) is 0 Å². The van der Waals surface area contributed by atoms with E-state index in [9.17, 15) is 17.6 Å². The topological polar surface area (TPSA) is 84.9 Å². The van der Waals surface area contributed by atoms with E-state index >= 15 is 0 Å². The van der Waals surface area contributed by atoms with Gasteiger partial charge in [-0.05, 0) is 54.1 Å². The second kappa shape index (κ2) is 9.50. The summed E-state index contributed by atoms with van der Waals surface area (Å²) in [6.07, 6.45) is 0.779. The number of sulfonamides is 1. The molecule has 0 bridgehead atoms. The van der Waals surface area contributed by atoms with E-state index in [1.807, 2.05) is 24.3 Å². The van der Waals surface area contributed by atoms with Crippen LogP contribution in [-0.2, 0) is 16.6 Å². The Morgan fingerprint density at radius 2 is 1.70 bits per heavy atom. The first kappa shape index (κ1) is 22.6. The van der Waals surface area contributed by atoms with Crippen LogP contribution in [0.25, 0.3) is 0 Å². The zero-order valence-corrected chi connectivity index (χ0v) is 18.7.